The molecular formula is C17H22N2O2. The van der Waals surface area contributed by atoms with Crippen molar-refractivity contribution in [1.82, 2.24) is 4.98 Å². The van der Waals surface area contributed by atoms with Gasteiger partial charge in [-0.05, 0) is 38.7 Å². The number of fused-ring (bicyclic) bond motifs is 1. The average molecular weight is 286 g/mol. The number of hydrogen-bond acceptors (Lipinski definition) is 2. The maximum absolute atomic E-state index is 12.5. The van der Waals surface area contributed by atoms with Gasteiger partial charge < -0.3 is 15.0 Å². The first-order valence-electron chi connectivity index (χ1n) is 7.60. The fraction of sp³-hybridized carbons (Fsp3) is 0.471. The Morgan fingerprint density at radius 2 is 1.95 bits per heavy atom. The largest absolute Gasteiger partial charge is 0.381 e. The van der Waals surface area contributed by atoms with Gasteiger partial charge in [0.05, 0.1) is 11.8 Å². The number of carbonyl (C=O) groups excluding carboxylic acids is 1. The molecule has 1 amide bonds. The predicted molar refractivity (Wildman–Crippen MR) is 84.4 cm³/mol. The van der Waals surface area contributed by atoms with Crippen LogP contribution in [-0.2, 0) is 9.53 Å². The van der Waals surface area contributed by atoms with E-state index in [1.54, 1.807) is 7.11 Å². The highest BCUT2D eigenvalue weighted by atomic mass is 16.5. The van der Waals surface area contributed by atoms with Crippen LogP contribution in [0, 0.1) is 12.8 Å². The number of nitrogens with one attached hydrogen (secondary N) is 2. The van der Waals surface area contributed by atoms with Crippen molar-refractivity contribution in [2.75, 3.05) is 12.4 Å². The van der Waals surface area contributed by atoms with Crippen LogP contribution in [0.4, 0.5) is 5.69 Å². The maximum Gasteiger partial charge on any atom is 0.227 e. The van der Waals surface area contributed by atoms with Crippen LogP contribution in [0.2, 0.25) is 0 Å². The first kappa shape index (κ1) is 14.1. The van der Waals surface area contributed by atoms with E-state index in [1.165, 1.54) is 0 Å². The molecule has 2 N–H and O–H groups in total. The van der Waals surface area contributed by atoms with Crippen LogP contribution in [0.15, 0.2) is 24.3 Å². The van der Waals surface area contributed by atoms with Crippen LogP contribution < -0.4 is 5.32 Å². The molecule has 3 rings (SSSR count). The molecule has 0 aliphatic heterocycles. The topological polar surface area (TPSA) is 54.1 Å². The summed E-state index contributed by atoms with van der Waals surface area (Å²) in [4.78, 5) is 15.8. The molecular weight excluding hydrogens is 264 g/mol. The third kappa shape index (κ3) is 2.81. The van der Waals surface area contributed by atoms with Gasteiger partial charge in [-0.1, -0.05) is 18.2 Å². The van der Waals surface area contributed by atoms with Crippen molar-refractivity contribution < 1.29 is 9.53 Å². The minimum Gasteiger partial charge on any atom is -0.381 e. The summed E-state index contributed by atoms with van der Waals surface area (Å²) in [6, 6.07) is 8.06. The van der Waals surface area contributed by atoms with E-state index in [9.17, 15) is 4.79 Å². The molecule has 1 aromatic heterocycles. The van der Waals surface area contributed by atoms with Gasteiger partial charge >= 0.3 is 0 Å². The molecule has 1 heterocycles. The van der Waals surface area contributed by atoms with Crippen molar-refractivity contribution in [2.24, 2.45) is 5.92 Å². The number of aromatic amines is 1. The van der Waals surface area contributed by atoms with Gasteiger partial charge in [0.15, 0.2) is 0 Å². The van der Waals surface area contributed by atoms with Crippen LogP contribution >= 0.6 is 0 Å². The number of amides is 1. The lowest BCUT2D eigenvalue weighted by Crippen LogP contribution is -2.29. The molecule has 0 radical (unpaired) electrons. The standard InChI is InChI=1S/C17H22N2O2/c1-11-16(14-5-3-4-6-15(14)18-11)19-17(20)12-7-9-13(21-2)10-8-12/h3-6,12-13,18H,7-10H2,1-2H3,(H,19,20). The van der Waals surface area contributed by atoms with Crippen molar-refractivity contribution in [1.29, 1.82) is 0 Å². The van der Waals surface area contributed by atoms with Crippen molar-refractivity contribution in [3.8, 4) is 0 Å². The van der Waals surface area contributed by atoms with E-state index in [0.29, 0.717) is 6.10 Å². The summed E-state index contributed by atoms with van der Waals surface area (Å²) in [5.41, 5.74) is 2.99. The molecule has 1 aromatic carbocycles. The van der Waals surface area contributed by atoms with Gasteiger partial charge in [-0.15, -0.1) is 0 Å². The molecule has 2 aromatic rings. The average Bonchev–Trinajstić information content (AvgIpc) is 2.83. The molecule has 1 aliphatic rings. The number of hydrogen-bond donors (Lipinski definition) is 2. The molecule has 1 saturated carbocycles. The van der Waals surface area contributed by atoms with Gasteiger partial charge in [0.25, 0.3) is 0 Å². The van der Waals surface area contributed by atoms with Gasteiger partial charge in [-0.25, -0.2) is 0 Å². The van der Waals surface area contributed by atoms with Crippen LogP contribution in [0.5, 0.6) is 0 Å². The Labute approximate surface area is 124 Å². The summed E-state index contributed by atoms with van der Waals surface area (Å²) >= 11 is 0. The van der Waals surface area contributed by atoms with E-state index in [0.717, 1.165) is 48.0 Å². The normalized spacial score (nSPS) is 22.4. The summed E-state index contributed by atoms with van der Waals surface area (Å²) in [7, 11) is 1.75. The monoisotopic (exact) mass is 286 g/mol. The maximum atomic E-state index is 12.5. The quantitative estimate of drug-likeness (QED) is 0.905. The SMILES string of the molecule is COC1CCC(C(=O)Nc2c(C)[nH]c3ccccc23)CC1. The highest BCUT2D eigenvalue weighted by molar-refractivity contribution is 6.03. The second-order valence-electron chi connectivity index (χ2n) is 5.87. The van der Waals surface area contributed by atoms with E-state index in [2.05, 4.69) is 10.3 Å². The van der Waals surface area contributed by atoms with Crippen molar-refractivity contribution in [2.45, 2.75) is 38.7 Å². The second kappa shape index (κ2) is 5.90. The van der Waals surface area contributed by atoms with E-state index in [-0.39, 0.29) is 11.8 Å². The van der Waals surface area contributed by atoms with Crippen molar-refractivity contribution >= 4 is 22.5 Å². The molecule has 21 heavy (non-hydrogen) atoms. The molecule has 4 nitrogen and oxygen atoms in total. The predicted octanol–water partition coefficient (Wildman–Crippen LogP) is 3.62. The first-order chi connectivity index (χ1) is 10.2. The summed E-state index contributed by atoms with van der Waals surface area (Å²) < 4.78 is 5.37. The van der Waals surface area contributed by atoms with E-state index in [1.807, 2.05) is 31.2 Å². The molecule has 1 fully saturated rings. The third-order valence-corrected chi connectivity index (χ3v) is 4.52. The summed E-state index contributed by atoms with van der Waals surface area (Å²) in [5.74, 6) is 0.238. The van der Waals surface area contributed by atoms with Gasteiger partial charge in [0.1, 0.15) is 0 Å². The Kier molecular flexibility index (Phi) is 3.97. The molecule has 4 heteroatoms. The van der Waals surface area contributed by atoms with Gasteiger partial charge in [-0.2, -0.15) is 0 Å². The fourth-order valence-corrected chi connectivity index (χ4v) is 3.22. The molecule has 0 bridgehead atoms. The van der Waals surface area contributed by atoms with E-state index >= 15 is 0 Å². The van der Waals surface area contributed by atoms with Gasteiger partial charge in [-0.3, -0.25) is 4.79 Å². The zero-order valence-electron chi connectivity index (χ0n) is 12.6. The van der Waals surface area contributed by atoms with Crippen molar-refractivity contribution in [3.63, 3.8) is 0 Å². The van der Waals surface area contributed by atoms with E-state index in [4.69, 9.17) is 4.74 Å². The van der Waals surface area contributed by atoms with E-state index < -0.39 is 0 Å². The molecule has 0 spiro atoms. The molecule has 1 aliphatic carbocycles. The molecule has 0 saturated heterocycles. The van der Waals surface area contributed by atoms with Gasteiger partial charge in [0, 0.05) is 29.6 Å². The number of H-pyrrole nitrogens is 1. The van der Waals surface area contributed by atoms with Crippen LogP contribution in [0.25, 0.3) is 10.9 Å². The summed E-state index contributed by atoms with van der Waals surface area (Å²) in [5, 5.41) is 4.20. The molecule has 0 atom stereocenters. The number of aromatic nitrogens is 1. The summed E-state index contributed by atoms with van der Waals surface area (Å²) in [6.07, 6.45) is 4.09. The second-order valence-corrected chi connectivity index (χ2v) is 5.87. The Balaban J connectivity index is 1.73. The van der Waals surface area contributed by atoms with Crippen molar-refractivity contribution in [3.05, 3.63) is 30.0 Å². The minimum atomic E-state index is 0.101. The lowest BCUT2D eigenvalue weighted by molar-refractivity contribution is -0.121. The Bertz CT molecular complexity index is 639. The van der Waals surface area contributed by atoms with Crippen LogP contribution in [0.3, 0.4) is 0 Å². The Morgan fingerprint density at radius 3 is 2.67 bits per heavy atom. The highest BCUT2D eigenvalue weighted by Crippen LogP contribution is 2.30. The number of aryl methyl sites for hydroxylation is 1. The highest BCUT2D eigenvalue weighted by Gasteiger charge is 2.26. The lowest BCUT2D eigenvalue weighted by Gasteiger charge is -2.26. The third-order valence-electron chi connectivity index (χ3n) is 4.52. The first-order valence-corrected chi connectivity index (χ1v) is 7.60. The number of ether oxygens (including phenoxy) is 1. The van der Waals surface area contributed by atoms with Crippen LogP contribution in [0.1, 0.15) is 31.4 Å². The molecule has 0 unspecified atom stereocenters. The zero-order chi connectivity index (χ0) is 14.8. The Morgan fingerprint density at radius 1 is 1.24 bits per heavy atom. The number of anilines is 1. The number of para-hydroxylation sites is 1. The Hall–Kier alpha value is -1.81. The number of methoxy groups -OCH3 is 1. The zero-order valence-corrected chi connectivity index (χ0v) is 12.6. The smallest absolute Gasteiger partial charge is 0.227 e. The fourth-order valence-electron chi connectivity index (χ4n) is 3.22. The van der Waals surface area contributed by atoms with Gasteiger partial charge in [0.2, 0.25) is 5.91 Å². The number of rotatable bonds is 3. The van der Waals surface area contributed by atoms with Crippen LogP contribution in [-0.4, -0.2) is 24.1 Å². The lowest BCUT2D eigenvalue weighted by atomic mass is 9.86. The number of carbonyl (C=O) groups is 1. The summed E-state index contributed by atoms with van der Waals surface area (Å²) in [6.45, 7) is 2.00. The molecule has 112 valence electrons. The number of benzene rings is 1. The minimum absolute atomic E-state index is 0.101.